The van der Waals surface area contributed by atoms with Crippen LogP contribution in [0, 0.1) is 11.7 Å². The van der Waals surface area contributed by atoms with Gasteiger partial charge in [0.15, 0.2) is 0 Å². The molecule has 0 saturated carbocycles. The summed E-state index contributed by atoms with van der Waals surface area (Å²) in [5, 5.41) is 3.01. The van der Waals surface area contributed by atoms with Crippen molar-refractivity contribution in [3.63, 3.8) is 0 Å². The fourth-order valence-electron chi connectivity index (χ4n) is 2.57. The highest BCUT2D eigenvalue weighted by Gasteiger charge is 2.17. The molecule has 0 aliphatic heterocycles. The Bertz CT molecular complexity index is 704. The fourth-order valence-corrected chi connectivity index (χ4v) is 2.57. The smallest absolute Gasteiger partial charge is 0.244 e. The van der Waals surface area contributed by atoms with Crippen LogP contribution in [0.25, 0.3) is 6.08 Å². The molecular formula is C21H24FNO. The van der Waals surface area contributed by atoms with Crippen LogP contribution in [0.4, 0.5) is 4.39 Å². The molecule has 2 aromatic rings. The van der Waals surface area contributed by atoms with Gasteiger partial charge in [0.1, 0.15) is 5.82 Å². The van der Waals surface area contributed by atoms with Gasteiger partial charge in [0, 0.05) is 11.6 Å². The summed E-state index contributed by atoms with van der Waals surface area (Å²) in [7, 11) is 0. The minimum absolute atomic E-state index is 0.0753. The van der Waals surface area contributed by atoms with E-state index in [-0.39, 0.29) is 23.7 Å². The fraction of sp³-hybridized carbons (Fsp3) is 0.286. The SMILES string of the molecule is CCc1ccc(C(NC(=O)/C=C/c2ccccc2F)C(C)C)cc1. The largest absolute Gasteiger partial charge is 0.345 e. The van der Waals surface area contributed by atoms with Gasteiger partial charge in [-0.3, -0.25) is 4.79 Å². The summed E-state index contributed by atoms with van der Waals surface area (Å²) in [4.78, 5) is 12.2. The van der Waals surface area contributed by atoms with E-state index in [2.05, 4.69) is 50.4 Å². The van der Waals surface area contributed by atoms with E-state index in [1.165, 1.54) is 23.8 Å². The quantitative estimate of drug-likeness (QED) is 0.751. The molecule has 0 aliphatic rings. The maximum Gasteiger partial charge on any atom is 0.244 e. The summed E-state index contributed by atoms with van der Waals surface area (Å²) in [6.07, 6.45) is 3.88. The van der Waals surface area contributed by atoms with Gasteiger partial charge in [-0.1, -0.05) is 63.2 Å². The van der Waals surface area contributed by atoms with Crippen molar-refractivity contribution in [3.8, 4) is 0 Å². The molecular weight excluding hydrogens is 301 g/mol. The molecule has 1 amide bonds. The van der Waals surface area contributed by atoms with Crippen molar-refractivity contribution < 1.29 is 9.18 Å². The number of benzene rings is 2. The molecule has 0 radical (unpaired) electrons. The molecule has 0 bridgehead atoms. The van der Waals surface area contributed by atoms with Gasteiger partial charge in [0.2, 0.25) is 5.91 Å². The zero-order valence-corrected chi connectivity index (χ0v) is 14.4. The Hall–Kier alpha value is -2.42. The molecule has 2 rings (SSSR count). The average molecular weight is 325 g/mol. The average Bonchev–Trinajstić information content (AvgIpc) is 2.59. The summed E-state index contributed by atoms with van der Waals surface area (Å²) < 4.78 is 13.6. The Morgan fingerprint density at radius 3 is 2.38 bits per heavy atom. The van der Waals surface area contributed by atoms with Crippen LogP contribution in [-0.2, 0) is 11.2 Å². The lowest BCUT2D eigenvalue weighted by Gasteiger charge is -2.22. The second kappa shape index (κ2) is 8.44. The van der Waals surface area contributed by atoms with Crippen LogP contribution < -0.4 is 5.32 Å². The standard InChI is InChI=1S/C21H24FNO/c1-4-16-9-11-18(12-10-16)21(15(2)3)23-20(24)14-13-17-7-5-6-8-19(17)22/h5-15,21H,4H2,1-3H3,(H,23,24)/b14-13+. The predicted octanol–water partition coefficient (Wildman–Crippen LogP) is 4.91. The normalized spacial score (nSPS) is 12.5. The van der Waals surface area contributed by atoms with Crippen molar-refractivity contribution in [1.29, 1.82) is 0 Å². The highest BCUT2D eigenvalue weighted by Crippen LogP contribution is 2.22. The molecule has 1 N–H and O–H groups in total. The second-order valence-corrected chi connectivity index (χ2v) is 6.18. The van der Waals surface area contributed by atoms with Crippen molar-refractivity contribution in [2.75, 3.05) is 0 Å². The van der Waals surface area contributed by atoms with Crippen LogP contribution in [-0.4, -0.2) is 5.91 Å². The van der Waals surface area contributed by atoms with Gasteiger partial charge in [-0.25, -0.2) is 4.39 Å². The van der Waals surface area contributed by atoms with E-state index in [9.17, 15) is 9.18 Å². The first-order valence-corrected chi connectivity index (χ1v) is 8.33. The molecule has 0 aromatic heterocycles. The van der Waals surface area contributed by atoms with E-state index < -0.39 is 0 Å². The molecule has 0 fully saturated rings. The van der Waals surface area contributed by atoms with Crippen molar-refractivity contribution in [2.24, 2.45) is 5.92 Å². The number of hydrogen-bond acceptors (Lipinski definition) is 1. The zero-order valence-electron chi connectivity index (χ0n) is 14.4. The predicted molar refractivity (Wildman–Crippen MR) is 97.0 cm³/mol. The highest BCUT2D eigenvalue weighted by atomic mass is 19.1. The van der Waals surface area contributed by atoms with Gasteiger partial charge in [-0.2, -0.15) is 0 Å². The number of carbonyl (C=O) groups is 1. The lowest BCUT2D eigenvalue weighted by molar-refractivity contribution is -0.117. The summed E-state index contributed by atoms with van der Waals surface area (Å²) in [6, 6.07) is 14.6. The molecule has 2 aromatic carbocycles. The summed E-state index contributed by atoms with van der Waals surface area (Å²) in [5.74, 6) is -0.308. The van der Waals surface area contributed by atoms with Crippen LogP contribution in [0.5, 0.6) is 0 Å². The third kappa shape index (κ3) is 4.79. The molecule has 126 valence electrons. The Balaban J connectivity index is 2.09. The molecule has 24 heavy (non-hydrogen) atoms. The maximum atomic E-state index is 13.6. The first kappa shape index (κ1) is 17.9. The van der Waals surface area contributed by atoms with E-state index in [4.69, 9.17) is 0 Å². The summed E-state index contributed by atoms with van der Waals surface area (Å²) in [6.45, 7) is 6.25. The number of amides is 1. The lowest BCUT2D eigenvalue weighted by atomic mass is 9.95. The van der Waals surface area contributed by atoms with E-state index in [0.29, 0.717) is 5.56 Å². The third-order valence-corrected chi connectivity index (χ3v) is 4.03. The monoisotopic (exact) mass is 325 g/mol. The molecule has 3 heteroatoms. The summed E-state index contributed by atoms with van der Waals surface area (Å²) >= 11 is 0. The van der Waals surface area contributed by atoms with E-state index in [0.717, 1.165) is 12.0 Å². The Morgan fingerprint density at radius 2 is 1.79 bits per heavy atom. The summed E-state index contributed by atoms with van der Waals surface area (Å²) in [5.41, 5.74) is 2.75. The lowest BCUT2D eigenvalue weighted by Crippen LogP contribution is -2.30. The number of carbonyl (C=O) groups excluding carboxylic acids is 1. The maximum absolute atomic E-state index is 13.6. The first-order valence-electron chi connectivity index (χ1n) is 8.33. The third-order valence-electron chi connectivity index (χ3n) is 4.03. The Kier molecular flexibility index (Phi) is 6.30. The van der Waals surface area contributed by atoms with Crippen molar-refractivity contribution in [3.05, 3.63) is 77.1 Å². The van der Waals surface area contributed by atoms with Gasteiger partial charge >= 0.3 is 0 Å². The minimum atomic E-state index is -0.336. The van der Waals surface area contributed by atoms with Gasteiger partial charge < -0.3 is 5.32 Å². The van der Waals surface area contributed by atoms with E-state index in [1.807, 2.05) is 0 Å². The van der Waals surface area contributed by atoms with Gasteiger partial charge in [-0.05, 0) is 35.6 Å². The van der Waals surface area contributed by atoms with Crippen molar-refractivity contribution in [1.82, 2.24) is 5.32 Å². The van der Waals surface area contributed by atoms with Crippen LogP contribution in [0.15, 0.2) is 54.6 Å². The number of aryl methyl sites for hydroxylation is 1. The molecule has 0 spiro atoms. The van der Waals surface area contributed by atoms with Crippen LogP contribution in [0.1, 0.15) is 43.5 Å². The number of hydrogen-bond donors (Lipinski definition) is 1. The zero-order chi connectivity index (χ0) is 17.5. The van der Waals surface area contributed by atoms with E-state index >= 15 is 0 Å². The number of halogens is 1. The number of rotatable bonds is 6. The van der Waals surface area contributed by atoms with Gasteiger partial charge in [0.05, 0.1) is 6.04 Å². The van der Waals surface area contributed by atoms with Crippen LogP contribution in [0.2, 0.25) is 0 Å². The molecule has 0 heterocycles. The highest BCUT2D eigenvalue weighted by molar-refractivity contribution is 5.92. The molecule has 2 nitrogen and oxygen atoms in total. The van der Waals surface area contributed by atoms with Gasteiger partial charge in [-0.15, -0.1) is 0 Å². The van der Waals surface area contributed by atoms with Crippen LogP contribution in [0.3, 0.4) is 0 Å². The molecule has 0 aliphatic carbocycles. The van der Waals surface area contributed by atoms with Crippen LogP contribution >= 0.6 is 0 Å². The Labute approximate surface area is 143 Å². The molecule has 1 unspecified atom stereocenters. The number of nitrogens with one attached hydrogen (secondary N) is 1. The Morgan fingerprint density at radius 1 is 1.12 bits per heavy atom. The topological polar surface area (TPSA) is 29.1 Å². The van der Waals surface area contributed by atoms with E-state index in [1.54, 1.807) is 18.2 Å². The van der Waals surface area contributed by atoms with Crippen molar-refractivity contribution in [2.45, 2.75) is 33.2 Å². The minimum Gasteiger partial charge on any atom is -0.345 e. The molecule has 1 atom stereocenters. The van der Waals surface area contributed by atoms with Gasteiger partial charge in [0.25, 0.3) is 0 Å². The molecule has 0 saturated heterocycles. The first-order chi connectivity index (χ1) is 11.5. The van der Waals surface area contributed by atoms with Crippen molar-refractivity contribution >= 4 is 12.0 Å². The second-order valence-electron chi connectivity index (χ2n) is 6.18.